The van der Waals surface area contributed by atoms with Crippen LogP contribution in [0.2, 0.25) is 0 Å². The van der Waals surface area contributed by atoms with Crippen LogP contribution in [0.4, 0.5) is 0 Å². The molecule has 25 heavy (non-hydrogen) atoms. The molecule has 0 atom stereocenters. The quantitative estimate of drug-likeness (QED) is 0.730. The average molecular weight is 333 g/mol. The summed E-state index contributed by atoms with van der Waals surface area (Å²) in [6.45, 7) is 3.85. The summed E-state index contributed by atoms with van der Waals surface area (Å²) in [5, 5.41) is 0. The van der Waals surface area contributed by atoms with E-state index in [4.69, 9.17) is 0 Å². The lowest BCUT2D eigenvalue weighted by molar-refractivity contribution is 0.0724. The van der Waals surface area contributed by atoms with Crippen molar-refractivity contribution in [2.75, 3.05) is 13.1 Å². The molecule has 4 rings (SSSR count). The van der Waals surface area contributed by atoms with Crippen molar-refractivity contribution in [1.82, 2.24) is 14.3 Å². The molecule has 0 N–H and O–H groups in total. The predicted molar refractivity (Wildman–Crippen MR) is 98.9 cm³/mol. The lowest BCUT2D eigenvalue weighted by Gasteiger charge is -2.26. The Bertz CT molecular complexity index is 906. The molecule has 1 saturated heterocycles. The Hall–Kier alpha value is -2.62. The summed E-state index contributed by atoms with van der Waals surface area (Å²) in [4.78, 5) is 19.2. The first kappa shape index (κ1) is 15.9. The van der Waals surface area contributed by atoms with Crippen molar-refractivity contribution in [3.8, 4) is 0 Å². The Morgan fingerprint density at radius 1 is 1.12 bits per heavy atom. The highest BCUT2D eigenvalue weighted by molar-refractivity contribution is 5.94. The van der Waals surface area contributed by atoms with E-state index >= 15 is 0 Å². The standard InChI is InChI=1S/C21H23N3O/c1-16-6-5-7-17(12-16)13-19-14-22-20-9-8-18(15-24(19)20)21(25)23-10-3-2-4-11-23/h5-9,12,14-15H,2-4,10-11,13H2,1H3. The van der Waals surface area contributed by atoms with Gasteiger partial charge in [0.25, 0.3) is 5.91 Å². The van der Waals surface area contributed by atoms with Crippen LogP contribution in [0.1, 0.15) is 46.4 Å². The summed E-state index contributed by atoms with van der Waals surface area (Å²) < 4.78 is 2.06. The van der Waals surface area contributed by atoms with E-state index in [-0.39, 0.29) is 5.91 Å². The molecule has 1 aliphatic rings. The summed E-state index contributed by atoms with van der Waals surface area (Å²) in [5.41, 5.74) is 5.26. The highest BCUT2D eigenvalue weighted by atomic mass is 16.2. The van der Waals surface area contributed by atoms with Crippen LogP contribution >= 0.6 is 0 Å². The number of carbonyl (C=O) groups excluding carboxylic acids is 1. The van der Waals surface area contributed by atoms with E-state index in [2.05, 4.69) is 40.6 Å². The Morgan fingerprint density at radius 2 is 1.96 bits per heavy atom. The van der Waals surface area contributed by atoms with Gasteiger partial charge >= 0.3 is 0 Å². The number of rotatable bonds is 3. The number of fused-ring (bicyclic) bond motifs is 1. The number of hydrogen-bond donors (Lipinski definition) is 0. The summed E-state index contributed by atoms with van der Waals surface area (Å²) in [6, 6.07) is 12.4. The van der Waals surface area contributed by atoms with Gasteiger partial charge in [0.2, 0.25) is 0 Å². The summed E-state index contributed by atoms with van der Waals surface area (Å²) in [5.74, 6) is 0.136. The van der Waals surface area contributed by atoms with E-state index in [1.54, 1.807) is 0 Å². The maximum Gasteiger partial charge on any atom is 0.255 e. The van der Waals surface area contributed by atoms with Crippen LogP contribution in [0.25, 0.3) is 5.65 Å². The van der Waals surface area contributed by atoms with E-state index in [9.17, 15) is 4.79 Å². The molecular weight excluding hydrogens is 310 g/mol. The number of hydrogen-bond acceptors (Lipinski definition) is 2. The van der Waals surface area contributed by atoms with E-state index in [0.717, 1.165) is 49.3 Å². The van der Waals surface area contributed by atoms with E-state index in [0.29, 0.717) is 0 Å². The molecule has 1 amide bonds. The van der Waals surface area contributed by atoms with Gasteiger partial charge in [-0.15, -0.1) is 0 Å². The number of amides is 1. The fraction of sp³-hybridized carbons (Fsp3) is 0.333. The minimum absolute atomic E-state index is 0.136. The lowest BCUT2D eigenvalue weighted by Crippen LogP contribution is -2.35. The molecule has 128 valence electrons. The molecule has 0 bridgehead atoms. The van der Waals surface area contributed by atoms with Crippen LogP contribution < -0.4 is 0 Å². The van der Waals surface area contributed by atoms with Gasteiger partial charge in [-0.25, -0.2) is 4.98 Å². The second kappa shape index (κ2) is 6.71. The SMILES string of the molecule is Cc1cccc(Cc2cnc3ccc(C(=O)N4CCCCC4)cn23)c1. The van der Waals surface area contributed by atoms with Crippen molar-refractivity contribution in [3.05, 3.63) is 71.2 Å². The van der Waals surface area contributed by atoms with Gasteiger partial charge in [0.15, 0.2) is 0 Å². The van der Waals surface area contributed by atoms with Crippen LogP contribution in [-0.4, -0.2) is 33.3 Å². The zero-order valence-electron chi connectivity index (χ0n) is 14.6. The van der Waals surface area contributed by atoms with Crippen LogP contribution in [0.5, 0.6) is 0 Å². The van der Waals surface area contributed by atoms with Crippen LogP contribution in [0.15, 0.2) is 48.8 Å². The first-order valence-corrected chi connectivity index (χ1v) is 9.01. The van der Waals surface area contributed by atoms with Gasteiger partial charge in [-0.2, -0.15) is 0 Å². The molecular formula is C21H23N3O. The molecule has 1 fully saturated rings. The van der Waals surface area contributed by atoms with Gasteiger partial charge in [0, 0.05) is 37.6 Å². The summed E-state index contributed by atoms with van der Waals surface area (Å²) >= 11 is 0. The molecule has 0 aliphatic carbocycles. The predicted octanol–water partition coefficient (Wildman–Crippen LogP) is 3.86. The van der Waals surface area contributed by atoms with Gasteiger partial charge in [-0.1, -0.05) is 29.8 Å². The summed E-state index contributed by atoms with van der Waals surface area (Å²) in [6.07, 6.45) is 8.11. The number of likely N-dealkylation sites (tertiary alicyclic amines) is 1. The Balaban J connectivity index is 1.64. The third-order valence-corrected chi connectivity index (χ3v) is 4.94. The smallest absolute Gasteiger partial charge is 0.255 e. The van der Waals surface area contributed by atoms with Gasteiger partial charge in [-0.3, -0.25) is 4.79 Å². The number of aromatic nitrogens is 2. The molecule has 0 spiro atoms. The minimum Gasteiger partial charge on any atom is -0.339 e. The highest BCUT2D eigenvalue weighted by Gasteiger charge is 2.19. The van der Waals surface area contributed by atoms with Gasteiger partial charge < -0.3 is 9.30 Å². The largest absolute Gasteiger partial charge is 0.339 e. The topological polar surface area (TPSA) is 37.6 Å². The monoisotopic (exact) mass is 333 g/mol. The molecule has 0 saturated carbocycles. The number of aryl methyl sites for hydroxylation is 1. The third-order valence-electron chi connectivity index (χ3n) is 4.94. The van der Waals surface area contributed by atoms with Crippen LogP contribution in [0, 0.1) is 6.92 Å². The zero-order chi connectivity index (χ0) is 17.2. The lowest BCUT2D eigenvalue weighted by atomic mass is 10.1. The van der Waals surface area contributed by atoms with Crippen molar-refractivity contribution < 1.29 is 4.79 Å². The Kier molecular flexibility index (Phi) is 4.26. The summed E-state index contributed by atoms with van der Waals surface area (Å²) in [7, 11) is 0. The van der Waals surface area contributed by atoms with Crippen molar-refractivity contribution in [1.29, 1.82) is 0 Å². The maximum atomic E-state index is 12.8. The number of imidazole rings is 1. The third kappa shape index (κ3) is 3.29. The van der Waals surface area contributed by atoms with Crippen LogP contribution in [-0.2, 0) is 6.42 Å². The second-order valence-electron chi connectivity index (χ2n) is 6.91. The number of benzene rings is 1. The van der Waals surface area contributed by atoms with Crippen molar-refractivity contribution in [2.24, 2.45) is 0 Å². The molecule has 0 radical (unpaired) electrons. The second-order valence-corrected chi connectivity index (χ2v) is 6.91. The molecule has 2 aromatic heterocycles. The van der Waals surface area contributed by atoms with E-state index in [1.165, 1.54) is 17.5 Å². The normalized spacial score (nSPS) is 14.8. The van der Waals surface area contributed by atoms with Crippen LogP contribution in [0.3, 0.4) is 0 Å². The van der Waals surface area contributed by atoms with Crippen molar-refractivity contribution >= 4 is 11.6 Å². The first-order valence-electron chi connectivity index (χ1n) is 9.01. The molecule has 1 aliphatic heterocycles. The molecule has 4 nitrogen and oxygen atoms in total. The number of piperidine rings is 1. The van der Waals surface area contributed by atoms with Gasteiger partial charge in [0.05, 0.1) is 5.56 Å². The fourth-order valence-corrected chi connectivity index (χ4v) is 3.60. The van der Waals surface area contributed by atoms with Crippen molar-refractivity contribution in [3.63, 3.8) is 0 Å². The Labute approximate surface area is 148 Å². The minimum atomic E-state index is 0.136. The maximum absolute atomic E-state index is 12.8. The highest BCUT2D eigenvalue weighted by Crippen LogP contribution is 2.17. The zero-order valence-corrected chi connectivity index (χ0v) is 14.6. The fourth-order valence-electron chi connectivity index (χ4n) is 3.60. The molecule has 0 unspecified atom stereocenters. The van der Waals surface area contributed by atoms with E-state index < -0.39 is 0 Å². The molecule has 3 heterocycles. The molecule has 3 aromatic rings. The van der Waals surface area contributed by atoms with Gasteiger partial charge in [-0.05, 0) is 43.9 Å². The molecule has 4 heteroatoms. The average Bonchev–Trinajstić information content (AvgIpc) is 3.04. The number of pyridine rings is 1. The van der Waals surface area contributed by atoms with Gasteiger partial charge in [0.1, 0.15) is 5.65 Å². The Morgan fingerprint density at radius 3 is 2.76 bits per heavy atom. The van der Waals surface area contributed by atoms with Crippen molar-refractivity contribution in [2.45, 2.75) is 32.6 Å². The molecule has 1 aromatic carbocycles. The number of nitrogens with zero attached hydrogens (tertiary/aromatic N) is 3. The first-order chi connectivity index (χ1) is 12.2. The van der Waals surface area contributed by atoms with E-state index in [1.807, 2.05) is 29.4 Å². The number of carbonyl (C=O) groups is 1.